The maximum Gasteiger partial charge on any atom is 0.271 e. The van der Waals surface area contributed by atoms with Gasteiger partial charge in [0.1, 0.15) is 24.0 Å². The molecule has 0 aromatic heterocycles. The monoisotopic (exact) mass is 554 g/mol. The molecular formula is C24H31ClN4O7S. The van der Waals surface area contributed by atoms with Gasteiger partial charge in [-0.1, -0.05) is 30.7 Å². The number of methoxy groups -OCH3 is 1. The molecule has 0 aliphatic rings. The van der Waals surface area contributed by atoms with Gasteiger partial charge in [0.25, 0.3) is 5.69 Å². The van der Waals surface area contributed by atoms with E-state index in [0.29, 0.717) is 17.0 Å². The van der Waals surface area contributed by atoms with Crippen LogP contribution in [0.4, 0.5) is 11.4 Å². The van der Waals surface area contributed by atoms with Crippen molar-refractivity contribution in [1.82, 2.24) is 10.2 Å². The van der Waals surface area contributed by atoms with Gasteiger partial charge in [-0.3, -0.25) is 24.0 Å². The first-order chi connectivity index (χ1) is 17.3. The van der Waals surface area contributed by atoms with Gasteiger partial charge in [-0.15, -0.1) is 0 Å². The minimum atomic E-state index is -4.11. The third-order valence-corrected chi connectivity index (χ3v) is 7.09. The summed E-state index contributed by atoms with van der Waals surface area (Å²) in [5, 5.41) is 14.6. The highest BCUT2D eigenvalue weighted by molar-refractivity contribution is 7.92. The number of sulfonamides is 1. The maximum atomic E-state index is 13.6. The number of amides is 2. The Balaban J connectivity index is 2.51. The molecule has 0 unspecified atom stereocenters. The molecule has 37 heavy (non-hydrogen) atoms. The molecule has 2 atom stereocenters. The number of nitrogens with one attached hydrogen (secondary N) is 1. The Morgan fingerprint density at radius 1 is 1.19 bits per heavy atom. The second-order valence-electron chi connectivity index (χ2n) is 8.53. The summed E-state index contributed by atoms with van der Waals surface area (Å²) in [6.07, 6.45) is 1.55. The number of nitro groups is 1. The quantitative estimate of drug-likeness (QED) is 0.313. The number of benzene rings is 2. The van der Waals surface area contributed by atoms with E-state index in [1.54, 1.807) is 31.2 Å². The van der Waals surface area contributed by atoms with E-state index in [1.807, 2.05) is 13.8 Å². The van der Waals surface area contributed by atoms with Crippen molar-refractivity contribution in [2.45, 2.75) is 45.8 Å². The number of halogens is 1. The number of nitro benzene ring substituents is 1. The highest BCUT2D eigenvalue weighted by Crippen LogP contribution is 2.34. The zero-order valence-corrected chi connectivity index (χ0v) is 22.9. The largest absolute Gasteiger partial charge is 0.495 e. The van der Waals surface area contributed by atoms with Crippen LogP contribution in [-0.2, 0) is 26.2 Å². The van der Waals surface area contributed by atoms with Gasteiger partial charge in [0.05, 0.1) is 18.3 Å². The molecule has 2 amide bonds. The summed E-state index contributed by atoms with van der Waals surface area (Å²) in [6, 6.07) is 9.06. The van der Waals surface area contributed by atoms with Crippen molar-refractivity contribution in [3.8, 4) is 5.75 Å². The molecule has 13 heteroatoms. The van der Waals surface area contributed by atoms with E-state index in [-0.39, 0.29) is 29.7 Å². The lowest BCUT2D eigenvalue weighted by atomic mass is 10.1. The fourth-order valence-electron chi connectivity index (χ4n) is 3.46. The molecule has 0 aliphatic heterocycles. The Kier molecular flexibility index (Phi) is 10.3. The van der Waals surface area contributed by atoms with Crippen LogP contribution >= 0.6 is 11.6 Å². The highest BCUT2D eigenvalue weighted by Gasteiger charge is 2.32. The second kappa shape index (κ2) is 12.7. The van der Waals surface area contributed by atoms with Crippen LogP contribution in [-0.4, -0.2) is 62.0 Å². The van der Waals surface area contributed by atoms with Crippen LogP contribution in [0, 0.1) is 10.1 Å². The van der Waals surface area contributed by atoms with Crippen molar-refractivity contribution in [2.75, 3.05) is 24.2 Å². The molecule has 0 saturated heterocycles. The summed E-state index contributed by atoms with van der Waals surface area (Å²) in [6.45, 7) is 4.52. The number of anilines is 1. The molecule has 0 radical (unpaired) electrons. The molecule has 0 fully saturated rings. The first-order valence-corrected chi connectivity index (χ1v) is 13.7. The number of nitrogens with zero attached hydrogens (tertiary/aromatic N) is 3. The summed E-state index contributed by atoms with van der Waals surface area (Å²) in [7, 11) is -2.83. The van der Waals surface area contributed by atoms with Gasteiger partial charge >= 0.3 is 0 Å². The first kappa shape index (κ1) is 29.8. The molecule has 2 aromatic carbocycles. The minimum absolute atomic E-state index is 0.0211. The van der Waals surface area contributed by atoms with Crippen LogP contribution in [0.25, 0.3) is 0 Å². The first-order valence-electron chi connectivity index (χ1n) is 11.4. The zero-order chi connectivity index (χ0) is 27.9. The van der Waals surface area contributed by atoms with Gasteiger partial charge < -0.3 is 15.0 Å². The van der Waals surface area contributed by atoms with Crippen molar-refractivity contribution >= 4 is 44.8 Å². The standard InChI is InChI=1S/C24H31ClN4O7S/c1-6-16(2)26-24(31)17(3)27(14-18-8-7-9-19(25)12-18)23(30)15-28(37(5,34)35)21-13-20(29(32)33)10-11-22(21)36-4/h7-13,16-17H,6,14-15H2,1-5H3,(H,26,31)/t16-,17-/m1/s1. The van der Waals surface area contributed by atoms with Gasteiger partial charge in [0.2, 0.25) is 21.8 Å². The SMILES string of the molecule is CC[C@@H](C)NC(=O)[C@@H](C)N(Cc1cccc(Cl)c1)C(=O)CN(c1cc([N+](=O)[O-])ccc1OC)S(C)(=O)=O. The predicted molar refractivity (Wildman–Crippen MR) is 141 cm³/mol. The number of rotatable bonds is 12. The van der Waals surface area contributed by atoms with Crippen molar-refractivity contribution in [3.63, 3.8) is 0 Å². The average molecular weight is 555 g/mol. The molecular weight excluding hydrogens is 524 g/mol. The molecule has 2 rings (SSSR count). The second-order valence-corrected chi connectivity index (χ2v) is 10.9. The average Bonchev–Trinajstić information content (AvgIpc) is 2.83. The number of carbonyl (C=O) groups excluding carboxylic acids is 2. The van der Waals surface area contributed by atoms with E-state index in [9.17, 15) is 28.1 Å². The van der Waals surface area contributed by atoms with E-state index >= 15 is 0 Å². The van der Waals surface area contributed by atoms with E-state index in [2.05, 4.69) is 5.32 Å². The van der Waals surface area contributed by atoms with Crippen molar-refractivity contribution in [3.05, 3.63) is 63.2 Å². The molecule has 1 N–H and O–H groups in total. The maximum absolute atomic E-state index is 13.6. The van der Waals surface area contributed by atoms with Crippen molar-refractivity contribution in [2.24, 2.45) is 0 Å². The molecule has 0 spiro atoms. The molecule has 202 valence electrons. The summed E-state index contributed by atoms with van der Waals surface area (Å²) in [5.41, 5.74) is 0.0730. The van der Waals surface area contributed by atoms with E-state index in [1.165, 1.54) is 18.1 Å². The van der Waals surface area contributed by atoms with Crippen LogP contribution in [0.5, 0.6) is 5.75 Å². The summed E-state index contributed by atoms with van der Waals surface area (Å²) in [5.74, 6) is -1.10. The lowest BCUT2D eigenvalue weighted by molar-refractivity contribution is -0.384. The molecule has 11 nitrogen and oxygen atoms in total. The Labute approximate surface area is 221 Å². The van der Waals surface area contributed by atoms with Crippen molar-refractivity contribution < 1.29 is 27.7 Å². The minimum Gasteiger partial charge on any atom is -0.495 e. The third-order valence-electron chi connectivity index (χ3n) is 5.73. The fraction of sp³-hybridized carbons (Fsp3) is 0.417. The number of ether oxygens (including phenoxy) is 1. The van der Waals surface area contributed by atoms with Crippen LogP contribution in [0.1, 0.15) is 32.8 Å². The van der Waals surface area contributed by atoms with Gasteiger partial charge in [0.15, 0.2) is 0 Å². The summed E-state index contributed by atoms with van der Waals surface area (Å²) >= 11 is 6.10. The Morgan fingerprint density at radius 2 is 1.86 bits per heavy atom. The summed E-state index contributed by atoms with van der Waals surface area (Å²) < 4.78 is 31.5. The van der Waals surface area contributed by atoms with E-state index in [4.69, 9.17) is 16.3 Å². The molecule has 0 aliphatic carbocycles. The topological polar surface area (TPSA) is 139 Å². The Morgan fingerprint density at radius 3 is 2.41 bits per heavy atom. The van der Waals surface area contributed by atoms with E-state index < -0.39 is 39.3 Å². The predicted octanol–water partition coefficient (Wildman–Crippen LogP) is 3.35. The van der Waals surface area contributed by atoms with Gasteiger partial charge in [-0.25, -0.2) is 8.42 Å². The van der Waals surface area contributed by atoms with Crippen LogP contribution < -0.4 is 14.4 Å². The Bertz CT molecular complexity index is 1260. The fourth-order valence-corrected chi connectivity index (χ4v) is 4.52. The third kappa shape index (κ3) is 8.05. The number of hydrogen-bond donors (Lipinski definition) is 1. The zero-order valence-electron chi connectivity index (χ0n) is 21.3. The molecule has 0 saturated carbocycles. The van der Waals surface area contributed by atoms with Gasteiger partial charge in [-0.2, -0.15) is 0 Å². The number of non-ortho nitro benzene ring substituents is 1. The summed E-state index contributed by atoms with van der Waals surface area (Å²) in [4.78, 5) is 38.4. The normalized spacial score (nSPS) is 12.8. The molecule has 0 heterocycles. The van der Waals surface area contributed by atoms with Crippen molar-refractivity contribution in [1.29, 1.82) is 0 Å². The van der Waals surface area contributed by atoms with Crippen LogP contribution in [0.15, 0.2) is 42.5 Å². The highest BCUT2D eigenvalue weighted by atomic mass is 35.5. The van der Waals surface area contributed by atoms with Gasteiger partial charge in [-0.05, 0) is 44.0 Å². The van der Waals surface area contributed by atoms with Crippen LogP contribution in [0.2, 0.25) is 5.02 Å². The lowest BCUT2D eigenvalue weighted by Gasteiger charge is -2.32. The van der Waals surface area contributed by atoms with Crippen LogP contribution in [0.3, 0.4) is 0 Å². The number of hydrogen-bond acceptors (Lipinski definition) is 7. The lowest BCUT2D eigenvalue weighted by Crippen LogP contribution is -2.52. The van der Waals surface area contributed by atoms with E-state index in [0.717, 1.165) is 22.7 Å². The smallest absolute Gasteiger partial charge is 0.271 e. The number of carbonyl (C=O) groups is 2. The van der Waals surface area contributed by atoms with Gasteiger partial charge in [0, 0.05) is 29.7 Å². The Hall–Kier alpha value is -3.38. The molecule has 0 bridgehead atoms. The molecule has 2 aromatic rings.